The number of halogens is 1. The van der Waals surface area contributed by atoms with Crippen LogP contribution in [0.4, 0.5) is 10.1 Å². The minimum Gasteiger partial charge on any atom is -0.478 e. The molecule has 0 heterocycles. The second-order valence-corrected chi connectivity index (χ2v) is 7.39. The first-order chi connectivity index (χ1) is 11.4. The number of rotatable bonds is 4. The summed E-state index contributed by atoms with van der Waals surface area (Å²) in [6.07, 6.45) is 3.84. The Bertz CT molecular complexity index is 909. The van der Waals surface area contributed by atoms with Crippen LogP contribution in [-0.2, 0) is 22.9 Å². The minimum absolute atomic E-state index is 0.0451. The molecule has 0 aliphatic heterocycles. The second-order valence-electron chi connectivity index (χ2n) is 5.71. The molecule has 3 rings (SSSR count). The number of carboxylic acid groups (broad SMARTS) is 1. The van der Waals surface area contributed by atoms with E-state index in [2.05, 4.69) is 4.72 Å². The first kappa shape index (κ1) is 16.4. The Morgan fingerprint density at radius 2 is 1.79 bits per heavy atom. The summed E-state index contributed by atoms with van der Waals surface area (Å²) in [5.41, 5.74) is 1.14. The van der Waals surface area contributed by atoms with Gasteiger partial charge in [-0.15, -0.1) is 0 Å². The van der Waals surface area contributed by atoms with Gasteiger partial charge in [0.1, 0.15) is 11.4 Å². The van der Waals surface area contributed by atoms with E-state index in [0.717, 1.165) is 42.9 Å². The van der Waals surface area contributed by atoms with Crippen molar-refractivity contribution in [2.45, 2.75) is 30.6 Å². The fourth-order valence-electron chi connectivity index (χ4n) is 2.91. The zero-order valence-corrected chi connectivity index (χ0v) is 13.6. The Balaban J connectivity index is 1.98. The summed E-state index contributed by atoms with van der Waals surface area (Å²) >= 11 is 0. The van der Waals surface area contributed by atoms with Crippen LogP contribution < -0.4 is 4.72 Å². The molecule has 0 radical (unpaired) electrons. The molecule has 0 fully saturated rings. The van der Waals surface area contributed by atoms with Crippen LogP contribution in [0.25, 0.3) is 0 Å². The Morgan fingerprint density at radius 1 is 1.08 bits per heavy atom. The summed E-state index contributed by atoms with van der Waals surface area (Å²) in [6.45, 7) is 0. The predicted molar refractivity (Wildman–Crippen MR) is 87.3 cm³/mol. The van der Waals surface area contributed by atoms with Gasteiger partial charge in [0.25, 0.3) is 10.0 Å². The van der Waals surface area contributed by atoms with E-state index in [9.17, 15) is 17.6 Å². The van der Waals surface area contributed by atoms with Gasteiger partial charge in [0, 0.05) is 0 Å². The standard InChI is InChI=1S/C17H16FNO4S/c18-14-6-3-7-15(16(14)17(20)21)19-24(22,23)13-9-8-11-4-1-2-5-12(11)10-13/h3,6-10,19H,1-2,4-5H2,(H,20,21). The average Bonchev–Trinajstić information content (AvgIpc) is 2.53. The van der Waals surface area contributed by atoms with Crippen LogP contribution in [0, 0.1) is 5.82 Å². The number of hydrogen-bond acceptors (Lipinski definition) is 3. The molecule has 0 unspecified atom stereocenters. The molecular weight excluding hydrogens is 333 g/mol. The highest BCUT2D eigenvalue weighted by atomic mass is 32.2. The van der Waals surface area contributed by atoms with Gasteiger partial charge < -0.3 is 5.11 Å². The third-order valence-corrected chi connectivity index (χ3v) is 5.47. The molecular formula is C17H16FNO4S. The van der Waals surface area contributed by atoms with Crippen molar-refractivity contribution in [3.8, 4) is 0 Å². The topological polar surface area (TPSA) is 83.5 Å². The summed E-state index contributed by atoms with van der Waals surface area (Å²) in [4.78, 5) is 11.2. The Morgan fingerprint density at radius 3 is 2.50 bits per heavy atom. The van der Waals surface area contributed by atoms with Crippen molar-refractivity contribution >= 4 is 21.7 Å². The maximum absolute atomic E-state index is 13.7. The number of hydrogen-bond donors (Lipinski definition) is 2. The molecule has 0 atom stereocenters. The lowest BCUT2D eigenvalue weighted by Gasteiger charge is -2.17. The summed E-state index contributed by atoms with van der Waals surface area (Å²) in [7, 11) is -4.00. The van der Waals surface area contributed by atoms with E-state index in [4.69, 9.17) is 5.11 Å². The molecule has 24 heavy (non-hydrogen) atoms. The minimum atomic E-state index is -4.00. The van der Waals surface area contributed by atoms with Gasteiger partial charge in [-0.25, -0.2) is 17.6 Å². The Labute approximate surface area is 139 Å². The lowest BCUT2D eigenvalue weighted by Crippen LogP contribution is -2.17. The van der Waals surface area contributed by atoms with Gasteiger partial charge in [-0.1, -0.05) is 12.1 Å². The van der Waals surface area contributed by atoms with Crippen LogP contribution >= 0.6 is 0 Å². The third kappa shape index (κ3) is 3.12. The van der Waals surface area contributed by atoms with Gasteiger partial charge in [0.2, 0.25) is 0 Å². The molecule has 0 saturated heterocycles. The zero-order valence-electron chi connectivity index (χ0n) is 12.8. The van der Waals surface area contributed by atoms with E-state index in [0.29, 0.717) is 0 Å². The molecule has 0 aromatic heterocycles. The number of aryl methyl sites for hydroxylation is 2. The normalized spacial score (nSPS) is 14.0. The van der Waals surface area contributed by atoms with E-state index in [1.807, 2.05) is 0 Å². The monoisotopic (exact) mass is 349 g/mol. The lowest BCUT2D eigenvalue weighted by atomic mass is 9.92. The van der Waals surface area contributed by atoms with Gasteiger partial charge in [0.05, 0.1) is 10.6 Å². The molecule has 126 valence electrons. The van der Waals surface area contributed by atoms with Crippen LogP contribution in [0.1, 0.15) is 34.3 Å². The van der Waals surface area contributed by atoms with Crippen molar-refractivity contribution < 1.29 is 22.7 Å². The lowest BCUT2D eigenvalue weighted by molar-refractivity contribution is 0.0693. The number of aromatic carboxylic acids is 1. The molecule has 1 aliphatic rings. The number of carboxylic acids is 1. The van der Waals surface area contributed by atoms with Crippen LogP contribution in [0.5, 0.6) is 0 Å². The summed E-state index contributed by atoms with van der Waals surface area (Å²) in [5, 5.41) is 9.10. The van der Waals surface area contributed by atoms with Crippen LogP contribution in [0.15, 0.2) is 41.3 Å². The van der Waals surface area contributed by atoms with Crippen molar-refractivity contribution in [1.82, 2.24) is 0 Å². The fourth-order valence-corrected chi connectivity index (χ4v) is 4.03. The quantitative estimate of drug-likeness (QED) is 0.888. The van der Waals surface area contributed by atoms with Gasteiger partial charge in [-0.2, -0.15) is 0 Å². The number of anilines is 1. The Hall–Kier alpha value is -2.41. The number of fused-ring (bicyclic) bond motifs is 1. The summed E-state index contributed by atoms with van der Waals surface area (Å²) < 4.78 is 41.0. The zero-order chi connectivity index (χ0) is 17.3. The maximum atomic E-state index is 13.7. The van der Waals surface area contributed by atoms with Crippen LogP contribution in [-0.4, -0.2) is 19.5 Å². The third-order valence-electron chi connectivity index (χ3n) is 4.10. The average molecular weight is 349 g/mol. The largest absolute Gasteiger partial charge is 0.478 e. The van der Waals surface area contributed by atoms with Gasteiger partial charge in [-0.3, -0.25) is 4.72 Å². The Kier molecular flexibility index (Phi) is 4.28. The van der Waals surface area contributed by atoms with E-state index >= 15 is 0 Å². The first-order valence-corrected chi connectivity index (χ1v) is 9.03. The second kappa shape index (κ2) is 6.24. The first-order valence-electron chi connectivity index (χ1n) is 7.55. The molecule has 2 N–H and O–H groups in total. The van der Waals surface area contributed by atoms with Crippen molar-refractivity contribution in [3.05, 3.63) is 58.9 Å². The molecule has 7 heteroatoms. The van der Waals surface area contributed by atoms with E-state index in [-0.39, 0.29) is 10.6 Å². The maximum Gasteiger partial charge on any atom is 0.340 e. The number of benzene rings is 2. The van der Waals surface area contributed by atoms with Crippen molar-refractivity contribution in [3.63, 3.8) is 0 Å². The highest BCUT2D eigenvalue weighted by Crippen LogP contribution is 2.26. The van der Waals surface area contributed by atoms with E-state index in [1.54, 1.807) is 12.1 Å². The van der Waals surface area contributed by atoms with E-state index < -0.39 is 27.4 Å². The van der Waals surface area contributed by atoms with Gasteiger partial charge >= 0.3 is 5.97 Å². The molecule has 2 aromatic carbocycles. The molecule has 0 spiro atoms. The molecule has 0 bridgehead atoms. The van der Waals surface area contributed by atoms with Gasteiger partial charge in [-0.05, 0) is 61.1 Å². The molecule has 5 nitrogen and oxygen atoms in total. The predicted octanol–water partition coefficient (Wildman–Crippen LogP) is 3.20. The summed E-state index contributed by atoms with van der Waals surface area (Å²) in [6, 6.07) is 8.34. The smallest absolute Gasteiger partial charge is 0.340 e. The molecule has 2 aromatic rings. The molecule has 0 amide bonds. The van der Waals surface area contributed by atoms with Gasteiger partial charge in [0.15, 0.2) is 0 Å². The fraction of sp³-hybridized carbons (Fsp3) is 0.235. The van der Waals surface area contributed by atoms with E-state index in [1.165, 1.54) is 18.2 Å². The number of carbonyl (C=O) groups is 1. The molecule has 0 saturated carbocycles. The highest BCUT2D eigenvalue weighted by Gasteiger charge is 2.22. The SMILES string of the molecule is O=C(O)c1c(F)cccc1NS(=O)(=O)c1ccc2c(c1)CCCC2. The number of nitrogens with one attached hydrogen (secondary N) is 1. The van der Waals surface area contributed by atoms with Crippen LogP contribution in [0.3, 0.4) is 0 Å². The van der Waals surface area contributed by atoms with Crippen molar-refractivity contribution in [1.29, 1.82) is 0 Å². The van der Waals surface area contributed by atoms with Crippen LogP contribution in [0.2, 0.25) is 0 Å². The van der Waals surface area contributed by atoms with Crippen molar-refractivity contribution in [2.24, 2.45) is 0 Å². The number of sulfonamides is 1. The van der Waals surface area contributed by atoms with Crippen molar-refractivity contribution in [2.75, 3.05) is 4.72 Å². The highest BCUT2D eigenvalue weighted by molar-refractivity contribution is 7.92. The summed E-state index contributed by atoms with van der Waals surface area (Å²) in [5.74, 6) is -2.52. The molecule has 1 aliphatic carbocycles.